The number of nitrogens with one attached hydrogen (secondary N) is 1. The van der Waals surface area contributed by atoms with E-state index in [9.17, 15) is 5.11 Å². The third-order valence-corrected chi connectivity index (χ3v) is 3.77. The van der Waals surface area contributed by atoms with E-state index in [2.05, 4.69) is 29.4 Å². The second-order valence-corrected chi connectivity index (χ2v) is 5.81. The first-order valence-corrected chi connectivity index (χ1v) is 7.11. The number of nitrogens with zero attached hydrogens (tertiary/aromatic N) is 1. The highest BCUT2D eigenvalue weighted by atomic mass is 32.2. The summed E-state index contributed by atoms with van der Waals surface area (Å²) < 4.78 is 0. The van der Waals surface area contributed by atoms with Gasteiger partial charge in [0.05, 0.1) is 11.1 Å². The zero-order valence-electron chi connectivity index (χ0n) is 10.4. The number of aliphatic hydroxyl groups excluding tert-OH is 1. The van der Waals surface area contributed by atoms with Gasteiger partial charge in [0.1, 0.15) is 0 Å². The molecule has 1 heterocycles. The van der Waals surface area contributed by atoms with Crippen molar-refractivity contribution in [3.63, 3.8) is 0 Å². The number of thioether (sulfide) groups is 1. The van der Waals surface area contributed by atoms with Gasteiger partial charge in [-0.25, -0.2) is 4.98 Å². The van der Waals surface area contributed by atoms with E-state index in [1.54, 1.807) is 11.8 Å². The predicted octanol–water partition coefficient (Wildman–Crippen LogP) is 1.90. The summed E-state index contributed by atoms with van der Waals surface area (Å²) in [4.78, 5) is 4.44. The van der Waals surface area contributed by atoms with Crippen LogP contribution < -0.4 is 5.32 Å². The Hall–Kier alpha value is -0.580. The van der Waals surface area contributed by atoms with Crippen LogP contribution in [0.1, 0.15) is 24.1 Å². The smallest absolute Gasteiger partial charge is 0.0966 e. The predicted molar refractivity (Wildman–Crippen MR) is 71.5 cm³/mol. The van der Waals surface area contributed by atoms with Crippen LogP contribution in [0.3, 0.4) is 0 Å². The van der Waals surface area contributed by atoms with Gasteiger partial charge in [0.15, 0.2) is 0 Å². The van der Waals surface area contributed by atoms with Gasteiger partial charge in [-0.2, -0.15) is 0 Å². The third-order valence-electron chi connectivity index (χ3n) is 2.72. The highest BCUT2D eigenvalue weighted by Gasteiger charge is 2.21. The summed E-state index contributed by atoms with van der Waals surface area (Å²) in [6, 6.07) is 4.79. The van der Waals surface area contributed by atoms with Crippen LogP contribution in [0.5, 0.6) is 0 Å². The number of aromatic nitrogens is 1. The molecule has 1 unspecified atom stereocenters. The number of aliphatic hydroxyl groups is 1. The maximum atomic E-state index is 9.81. The standard InChI is InChI=1S/C13H20N2OS/c1-9-5-10(2)15-13(6-9)17-8-12(16)7-14-11-3-4-11/h5-6,11-12,14,16H,3-4,7-8H2,1-2H3. The Bertz CT molecular complexity index is 359. The van der Waals surface area contributed by atoms with E-state index in [0.29, 0.717) is 18.3 Å². The molecule has 3 nitrogen and oxygen atoms in total. The minimum Gasteiger partial charge on any atom is -0.391 e. The van der Waals surface area contributed by atoms with Crippen molar-refractivity contribution in [2.45, 2.75) is 43.9 Å². The topological polar surface area (TPSA) is 45.2 Å². The molecule has 94 valence electrons. The van der Waals surface area contributed by atoms with Crippen LogP contribution in [-0.2, 0) is 0 Å². The molecule has 1 saturated carbocycles. The van der Waals surface area contributed by atoms with Crippen LogP contribution in [-0.4, -0.2) is 34.5 Å². The Morgan fingerprint density at radius 2 is 2.24 bits per heavy atom. The Balaban J connectivity index is 1.75. The molecule has 1 atom stereocenters. The van der Waals surface area contributed by atoms with Crippen molar-refractivity contribution in [2.75, 3.05) is 12.3 Å². The summed E-state index contributed by atoms with van der Waals surface area (Å²) >= 11 is 1.63. The van der Waals surface area contributed by atoms with E-state index in [1.807, 2.05) is 6.92 Å². The monoisotopic (exact) mass is 252 g/mol. The maximum Gasteiger partial charge on any atom is 0.0966 e. The van der Waals surface area contributed by atoms with Crippen molar-refractivity contribution in [2.24, 2.45) is 0 Å². The number of hydrogen-bond donors (Lipinski definition) is 2. The summed E-state index contributed by atoms with van der Waals surface area (Å²) in [5.74, 6) is 0.704. The zero-order valence-corrected chi connectivity index (χ0v) is 11.3. The van der Waals surface area contributed by atoms with Gasteiger partial charge in [-0.15, -0.1) is 11.8 Å². The van der Waals surface area contributed by atoms with Crippen LogP contribution >= 0.6 is 11.8 Å². The normalized spacial score (nSPS) is 17.1. The first-order valence-electron chi connectivity index (χ1n) is 6.13. The second-order valence-electron chi connectivity index (χ2n) is 4.77. The third kappa shape index (κ3) is 4.66. The number of rotatable bonds is 6. The van der Waals surface area contributed by atoms with E-state index in [0.717, 1.165) is 10.7 Å². The van der Waals surface area contributed by atoms with Crippen molar-refractivity contribution in [1.82, 2.24) is 10.3 Å². The van der Waals surface area contributed by atoms with Gasteiger partial charge in [0.2, 0.25) is 0 Å². The highest BCUT2D eigenvalue weighted by Crippen LogP contribution is 2.20. The lowest BCUT2D eigenvalue weighted by molar-refractivity contribution is 0.195. The minimum atomic E-state index is -0.289. The molecular formula is C13H20N2OS. The second kappa shape index (κ2) is 5.85. The van der Waals surface area contributed by atoms with Gasteiger partial charge in [0.25, 0.3) is 0 Å². The van der Waals surface area contributed by atoms with E-state index in [1.165, 1.54) is 18.4 Å². The molecule has 0 saturated heterocycles. The molecule has 0 spiro atoms. The summed E-state index contributed by atoms with van der Waals surface area (Å²) in [5, 5.41) is 14.2. The molecule has 4 heteroatoms. The molecule has 0 amide bonds. The van der Waals surface area contributed by atoms with E-state index in [-0.39, 0.29) is 6.10 Å². The lowest BCUT2D eigenvalue weighted by Gasteiger charge is -2.11. The molecular weight excluding hydrogens is 232 g/mol. The van der Waals surface area contributed by atoms with Crippen molar-refractivity contribution in [3.05, 3.63) is 23.4 Å². The molecule has 2 N–H and O–H groups in total. The largest absolute Gasteiger partial charge is 0.391 e. The molecule has 2 rings (SSSR count). The van der Waals surface area contributed by atoms with Gasteiger partial charge < -0.3 is 10.4 Å². The maximum absolute atomic E-state index is 9.81. The van der Waals surface area contributed by atoms with Crippen molar-refractivity contribution >= 4 is 11.8 Å². The fourth-order valence-corrected chi connectivity index (χ4v) is 2.67. The highest BCUT2D eigenvalue weighted by molar-refractivity contribution is 7.99. The Labute approximate surface area is 107 Å². The summed E-state index contributed by atoms with van der Waals surface area (Å²) in [7, 11) is 0. The van der Waals surface area contributed by atoms with Crippen LogP contribution in [0.25, 0.3) is 0 Å². The summed E-state index contributed by atoms with van der Waals surface area (Å²) in [6.45, 7) is 4.77. The quantitative estimate of drug-likeness (QED) is 0.759. The van der Waals surface area contributed by atoms with Crippen LogP contribution in [0.15, 0.2) is 17.2 Å². The molecule has 1 aliphatic carbocycles. The molecule has 17 heavy (non-hydrogen) atoms. The Morgan fingerprint density at radius 1 is 1.47 bits per heavy atom. The first kappa shape index (κ1) is 12.9. The SMILES string of the molecule is Cc1cc(C)nc(SCC(O)CNC2CC2)c1. The van der Waals surface area contributed by atoms with Crippen LogP contribution in [0.4, 0.5) is 0 Å². The number of aryl methyl sites for hydroxylation is 2. The number of pyridine rings is 1. The van der Waals surface area contributed by atoms with Gasteiger partial charge >= 0.3 is 0 Å². The van der Waals surface area contributed by atoms with Crippen molar-refractivity contribution in [1.29, 1.82) is 0 Å². The molecule has 0 aromatic carbocycles. The van der Waals surface area contributed by atoms with Gasteiger partial charge in [-0.1, -0.05) is 0 Å². The number of hydrogen-bond acceptors (Lipinski definition) is 4. The Morgan fingerprint density at radius 3 is 2.88 bits per heavy atom. The molecule has 1 fully saturated rings. The van der Waals surface area contributed by atoms with Crippen molar-refractivity contribution in [3.8, 4) is 0 Å². The average molecular weight is 252 g/mol. The van der Waals surface area contributed by atoms with Crippen molar-refractivity contribution < 1.29 is 5.11 Å². The van der Waals surface area contributed by atoms with Gasteiger partial charge in [-0.3, -0.25) is 0 Å². The van der Waals surface area contributed by atoms with E-state index < -0.39 is 0 Å². The molecule has 0 radical (unpaired) electrons. The molecule has 0 aliphatic heterocycles. The van der Waals surface area contributed by atoms with Gasteiger partial charge in [0, 0.05) is 24.0 Å². The minimum absolute atomic E-state index is 0.289. The average Bonchev–Trinajstić information content (AvgIpc) is 3.06. The zero-order chi connectivity index (χ0) is 12.3. The molecule has 0 bridgehead atoms. The fourth-order valence-electron chi connectivity index (χ4n) is 1.71. The van der Waals surface area contributed by atoms with E-state index >= 15 is 0 Å². The first-order chi connectivity index (χ1) is 8.13. The molecule has 1 aromatic heterocycles. The lowest BCUT2D eigenvalue weighted by atomic mass is 10.3. The van der Waals surface area contributed by atoms with Crippen LogP contribution in [0.2, 0.25) is 0 Å². The molecule has 1 aromatic rings. The fraction of sp³-hybridized carbons (Fsp3) is 0.615. The molecule has 1 aliphatic rings. The summed E-state index contributed by atoms with van der Waals surface area (Å²) in [5.41, 5.74) is 2.27. The Kier molecular flexibility index (Phi) is 4.42. The summed E-state index contributed by atoms with van der Waals surface area (Å²) in [6.07, 6.45) is 2.24. The van der Waals surface area contributed by atoms with Crippen LogP contribution in [0, 0.1) is 13.8 Å². The lowest BCUT2D eigenvalue weighted by Crippen LogP contribution is -2.29. The van der Waals surface area contributed by atoms with Gasteiger partial charge in [-0.05, 0) is 44.4 Å². The van der Waals surface area contributed by atoms with E-state index in [4.69, 9.17) is 0 Å².